The molecule has 2 aromatic heterocycles. The lowest BCUT2D eigenvalue weighted by Crippen LogP contribution is -2.26. The number of nitrogens with zero attached hydrogens (tertiary/aromatic N) is 2. The van der Waals surface area contributed by atoms with Crippen LogP contribution in [0.3, 0.4) is 0 Å². The van der Waals surface area contributed by atoms with Gasteiger partial charge in [-0.05, 0) is 47.2 Å². The van der Waals surface area contributed by atoms with Gasteiger partial charge in [0, 0.05) is 25.8 Å². The summed E-state index contributed by atoms with van der Waals surface area (Å²) in [6, 6.07) is 15.2. The Bertz CT molecular complexity index is 767. The van der Waals surface area contributed by atoms with Crippen molar-refractivity contribution in [3.63, 3.8) is 0 Å². The van der Waals surface area contributed by atoms with Gasteiger partial charge in [0.25, 0.3) is 0 Å². The molecular formula is C18H18N2O3S2. The van der Waals surface area contributed by atoms with Crippen LogP contribution in [0.2, 0.25) is 0 Å². The molecule has 0 unspecified atom stereocenters. The number of ether oxygens (including phenoxy) is 2. The molecule has 0 saturated carbocycles. The fraction of sp³-hybridized carbons (Fsp3) is 0.167. The van der Waals surface area contributed by atoms with Crippen LogP contribution >= 0.6 is 22.7 Å². The first-order valence-electron chi connectivity index (χ1n) is 7.59. The van der Waals surface area contributed by atoms with Crippen molar-refractivity contribution in [3.05, 3.63) is 59.3 Å². The fourth-order valence-corrected chi connectivity index (χ4v) is 3.67. The molecule has 0 radical (unpaired) electrons. The lowest BCUT2D eigenvalue weighted by atomic mass is 10.3. The molecule has 0 aliphatic carbocycles. The maximum absolute atomic E-state index is 12.5. The lowest BCUT2D eigenvalue weighted by molar-refractivity contribution is 0.0658. The van der Waals surface area contributed by atoms with Gasteiger partial charge >= 0.3 is 6.09 Å². The second kappa shape index (κ2) is 8.04. The third-order valence-corrected chi connectivity index (χ3v) is 5.08. The number of hydrogen-bond donors (Lipinski definition) is 0. The first kappa shape index (κ1) is 17.3. The molecule has 0 N–H and O–H groups in total. The molecule has 130 valence electrons. The van der Waals surface area contributed by atoms with Gasteiger partial charge in [-0.1, -0.05) is 6.07 Å². The summed E-state index contributed by atoms with van der Waals surface area (Å²) in [6.45, 7) is -0.150. The first-order valence-corrected chi connectivity index (χ1v) is 9.35. The van der Waals surface area contributed by atoms with E-state index in [4.69, 9.17) is 9.47 Å². The standard InChI is InChI=1S/C18H18N2O3S2/c1-19(2)14-6-3-7-15(12-14)22-13-23-18(21)20(16-8-4-10-24-16)17-9-5-11-25-17/h3-12H,13H2,1-2H3. The number of carbonyl (C=O) groups is 1. The number of carbonyl (C=O) groups excluding carboxylic acids is 1. The highest BCUT2D eigenvalue weighted by Crippen LogP contribution is 2.33. The summed E-state index contributed by atoms with van der Waals surface area (Å²) in [7, 11) is 3.91. The van der Waals surface area contributed by atoms with Crippen molar-refractivity contribution in [2.45, 2.75) is 0 Å². The summed E-state index contributed by atoms with van der Waals surface area (Å²) >= 11 is 2.96. The van der Waals surface area contributed by atoms with Crippen molar-refractivity contribution < 1.29 is 14.3 Å². The Morgan fingerprint density at radius 1 is 1.00 bits per heavy atom. The van der Waals surface area contributed by atoms with E-state index in [0.717, 1.165) is 15.7 Å². The third kappa shape index (κ3) is 4.32. The van der Waals surface area contributed by atoms with E-state index >= 15 is 0 Å². The molecule has 1 amide bonds. The molecular weight excluding hydrogens is 356 g/mol. The molecule has 0 atom stereocenters. The maximum Gasteiger partial charge on any atom is 0.423 e. The molecule has 1 aromatic carbocycles. The predicted molar refractivity (Wildman–Crippen MR) is 104 cm³/mol. The maximum atomic E-state index is 12.5. The van der Waals surface area contributed by atoms with Crippen molar-refractivity contribution in [2.75, 3.05) is 30.7 Å². The van der Waals surface area contributed by atoms with Gasteiger partial charge in [0.1, 0.15) is 15.8 Å². The Balaban J connectivity index is 1.64. The van der Waals surface area contributed by atoms with Gasteiger partial charge < -0.3 is 14.4 Å². The van der Waals surface area contributed by atoms with Gasteiger partial charge in [-0.2, -0.15) is 0 Å². The molecule has 0 aliphatic rings. The molecule has 25 heavy (non-hydrogen) atoms. The van der Waals surface area contributed by atoms with E-state index < -0.39 is 6.09 Å². The molecule has 0 spiro atoms. The Morgan fingerprint density at radius 3 is 2.24 bits per heavy atom. The van der Waals surface area contributed by atoms with E-state index in [1.807, 2.05) is 78.3 Å². The van der Waals surface area contributed by atoms with Crippen molar-refractivity contribution >= 4 is 44.5 Å². The highest BCUT2D eigenvalue weighted by molar-refractivity contribution is 7.16. The predicted octanol–water partition coefficient (Wildman–Crippen LogP) is 5.19. The quantitative estimate of drug-likeness (QED) is 0.557. The van der Waals surface area contributed by atoms with E-state index in [9.17, 15) is 4.79 Å². The zero-order chi connectivity index (χ0) is 17.6. The van der Waals surface area contributed by atoms with Gasteiger partial charge in [0.05, 0.1) is 0 Å². The highest BCUT2D eigenvalue weighted by atomic mass is 32.1. The third-order valence-electron chi connectivity index (χ3n) is 3.38. The zero-order valence-electron chi connectivity index (χ0n) is 13.9. The minimum atomic E-state index is -0.464. The summed E-state index contributed by atoms with van der Waals surface area (Å²) in [5, 5.41) is 5.46. The summed E-state index contributed by atoms with van der Waals surface area (Å²) < 4.78 is 10.9. The summed E-state index contributed by atoms with van der Waals surface area (Å²) in [5.41, 5.74) is 1.02. The fourth-order valence-electron chi connectivity index (χ4n) is 2.15. The van der Waals surface area contributed by atoms with Crippen LogP contribution in [0.5, 0.6) is 5.75 Å². The molecule has 3 aromatic rings. The second-order valence-electron chi connectivity index (χ2n) is 5.30. The van der Waals surface area contributed by atoms with Gasteiger partial charge in [0.2, 0.25) is 6.79 Å². The van der Waals surface area contributed by atoms with Gasteiger partial charge in [-0.25, -0.2) is 9.69 Å². The van der Waals surface area contributed by atoms with Crippen LogP contribution < -0.4 is 14.5 Å². The van der Waals surface area contributed by atoms with Crippen LogP contribution in [0.1, 0.15) is 0 Å². The zero-order valence-corrected chi connectivity index (χ0v) is 15.5. The summed E-state index contributed by atoms with van der Waals surface area (Å²) in [6.07, 6.45) is -0.464. The molecule has 0 aliphatic heterocycles. The SMILES string of the molecule is CN(C)c1cccc(OCOC(=O)N(c2cccs2)c2cccs2)c1. The van der Waals surface area contributed by atoms with Crippen LogP contribution in [0.4, 0.5) is 20.5 Å². The first-order chi connectivity index (χ1) is 12.1. The average molecular weight is 374 g/mol. The minimum absolute atomic E-state index is 0.150. The number of amides is 1. The van der Waals surface area contributed by atoms with Crippen LogP contribution in [-0.2, 0) is 4.74 Å². The molecule has 0 saturated heterocycles. The van der Waals surface area contributed by atoms with Crippen LogP contribution in [0.15, 0.2) is 59.3 Å². The number of hydrogen-bond acceptors (Lipinski definition) is 6. The molecule has 3 rings (SSSR count). The Hall–Kier alpha value is -2.51. The van der Waals surface area contributed by atoms with E-state index in [0.29, 0.717) is 5.75 Å². The van der Waals surface area contributed by atoms with Crippen LogP contribution in [-0.4, -0.2) is 27.0 Å². The highest BCUT2D eigenvalue weighted by Gasteiger charge is 2.21. The Morgan fingerprint density at radius 2 is 1.68 bits per heavy atom. The monoisotopic (exact) mass is 374 g/mol. The van der Waals surface area contributed by atoms with Crippen molar-refractivity contribution in [1.82, 2.24) is 0 Å². The summed E-state index contributed by atoms with van der Waals surface area (Å²) in [4.78, 5) is 16.1. The molecule has 7 heteroatoms. The summed E-state index contributed by atoms with van der Waals surface area (Å²) in [5.74, 6) is 0.651. The van der Waals surface area contributed by atoms with Gasteiger partial charge in [-0.3, -0.25) is 0 Å². The number of benzene rings is 1. The van der Waals surface area contributed by atoms with E-state index in [1.54, 1.807) is 4.90 Å². The van der Waals surface area contributed by atoms with Gasteiger partial charge in [-0.15, -0.1) is 22.7 Å². The molecule has 0 bridgehead atoms. The largest absolute Gasteiger partial charge is 0.457 e. The smallest absolute Gasteiger partial charge is 0.423 e. The number of anilines is 3. The minimum Gasteiger partial charge on any atom is -0.457 e. The average Bonchev–Trinajstić information content (AvgIpc) is 3.30. The molecule has 0 fully saturated rings. The lowest BCUT2D eigenvalue weighted by Gasteiger charge is -2.19. The molecule has 2 heterocycles. The number of thiophene rings is 2. The molecule has 5 nitrogen and oxygen atoms in total. The van der Waals surface area contributed by atoms with Crippen LogP contribution in [0, 0.1) is 0 Å². The van der Waals surface area contributed by atoms with Crippen molar-refractivity contribution in [1.29, 1.82) is 0 Å². The topological polar surface area (TPSA) is 42.0 Å². The Labute approximate surface area is 154 Å². The van der Waals surface area contributed by atoms with Crippen molar-refractivity contribution in [3.8, 4) is 5.75 Å². The number of rotatable bonds is 6. The van der Waals surface area contributed by atoms with Crippen molar-refractivity contribution in [2.24, 2.45) is 0 Å². The van der Waals surface area contributed by atoms with E-state index in [-0.39, 0.29) is 6.79 Å². The van der Waals surface area contributed by atoms with E-state index in [2.05, 4.69) is 0 Å². The second-order valence-corrected chi connectivity index (χ2v) is 7.15. The Kier molecular flexibility index (Phi) is 5.57. The normalized spacial score (nSPS) is 10.3. The van der Waals surface area contributed by atoms with Gasteiger partial charge in [0.15, 0.2) is 0 Å². The van der Waals surface area contributed by atoms with Crippen LogP contribution in [0.25, 0.3) is 0 Å². The van der Waals surface area contributed by atoms with E-state index in [1.165, 1.54) is 22.7 Å².